The van der Waals surface area contributed by atoms with Gasteiger partial charge < -0.3 is 5.32 Å². The van der Waals surface area contributed by atoms with Crippen LogP contribution in [0.5, 0.6) is 0 Å². The average Bonchev–Trinajstić information content (AvgIpc) is 3.00. The summed E-state index contributed by atoms with van der Waals surface area (Å²) >= 11 is 0. The lowest BCUT2D eigenvalue weighted by Gasteiger charge is -2.16. The van der Waals surface area contributed by atoms with E-state index in [1.54, 1.807) is 12.1 Å². The van der Waals surface area contributed by atoms with Gasteiger partial charge in [-0.2, -0.15) is 0 Å². The summed E-state index contributed by atoms with van der Waals surface area (Å²) in [6.07, 6.45) is 0. The van der Waals surface area contributed by atoms with Gasteiger partial charge in [0, 0.05) is 23.9 Å². The number of halogens is 2. The van der Waals surface area contributed by atoms with Crippen LogP contribution in [-0.4, -0.2) is 16.7 Å². The number of nitro groups is 1. The minimum absolute atomic E-state index is 0.0862. The van der Waals surface area contributed by atoms with Crippen molar-refractivity contribution in [2.24, 2.45) is 0 Å². The summed E-state index contributed by atoms with van der Waals surface area (Å²) in [6.45, 7) is 3.80. The number of nitrogens with zero attached hydrogens (tertiary/aromatic N) is 2. The van der Waals surface area contributed by atoms with E-state index in [9.17, 15) is 28.5 Å². The van der Waals surface area contributed by atoms with Crippen LogP contribution < -0.4 is 10.2 Å². The van der Waals surface area contributed by atoms with E-state index in [0.29, 0.717) is 16.7 Å². The van der Waals surface area contributed by atoms with Gasteiger partial charge in [-0.05, 0) is 66.9 Å². The highest BCUT2D eigenvalue weighted by atomic mass is 19.1. The number of carbonyl (C=O) groups is 2. The number of benzene rings is 3. The first kappa shape index (κ1) is 21.8. The molecule has 4 rings (SSSR count). The molecular formula is C24H17F2N3O4. The highest BCUT2D eigenvalue weighted by molar-refractivity contribution is 6.46. The lowest BCUT2D eigenvalue weighted by molar-refractivity contribution is -0.384. The number of nitro benzene ring substituents is 1. The number of nitrogens with one attached hydrogen (secondary N) is 1. The number of amides is 2. The van der Waals surface area contributed by atoms with Gasteiger partial charge in [0.25, 0.3) is 17.5 Å². The van der Waals surface area contributed by atoms with Crippen LogP contribution in [0.25, 0.3) is 5.57 Å². The van der Waals surface area contributed by atoms with Crippen molar-refractivity contribution in [3.05, 3.63) is 105 Å². The van der Waals surface area contributed by atoms with Crippen LogP contribution in [0.3, 0.4) is 0 Å². The second-order valence-corrected chi connectivity index (χ2v) is 7.52. The molecule has 9 heteroatoms. The molecule has 0 unspecified atom stereocenters. The third-order valence-corrected chi connectivity index (χ3v) is 5.38. The van der Waals surface area contributed by atoms with Crippen LogP contribution in [0, 0.1) is 35.6 Å². The molecule has 0 aromatic heterocycles. The fourth-order valence-electron chi connectivity index (χ4n) is 3.51. The molecule has 0 bridgehead atoms. The number of imide groups is 1. The van der Waals surface area contributed by atoms with Gasteiger partial charge in [0.2, 0.25) is 0 Å². The van der Waals surface area contributed by atoms with Crippen molar-refractivity contribution in [1.82, 2.24) is 0 Å². The molecule has 33 heavy (non-hydrogen) atoms. The molecule has 1 aliphatic rings. The molecule has 0 atom stereocenters. The summed E-state index contributed by atoms with van der Waals surface area (Å²) in [5.74, 6) is -3.61. The molecule has 0 radical (unpaired) electrons. The van der Waals surface area contributed by atoms with Crippen LogP contribution in [0.2, 0.25) is 0 Å². The highest BCUT2D eigenvalue weighted by Crippen LogP contribution is 2.35. The number of aryl methyl sites for hydroxylation is 2. The third-order valence-electron chi connectivity index (χ3n) is 5.38. The first-order chi connectivity index (χ1) is 15.7. The minimum atomic E-state index is -1.08. The monoisotopic (exact) mass is 449 g/mol. The molecule has 0 aliphatic carbocycles. The Balaban J connectivity index is 1.84. The van der Waals surface area contributed by atoms with Crippen LogP contribution in [0.15, 0.2) is 66.4 Å². The van der Waals surface area contributed by atoms with Crippen LogP contribution >= 0.6 is 0 Å². The molecule has 1 N–H and O–H groups in total. The summed E-state index contributed by atoms with van der Waals surface area (Å²) in [6, 6.07) is 13.0. The summed E-state index contributed by atoms with van der Waals surface area (Å²) in [7, 11) is 0. The number of hydrogen-bond donors (Lipinski definition) is 1. The SMILES string of the molecule is Cc1ccc(NC2=C(c3ccc([N+](=O)[O-])cc3)C(=O)N(c3ccc(F)cc3F)C2=O)cc1C. The molecule has 1 heterocycles. The molecule has 0 spiro atoms. The Labute approximate surface area is 187 Å². The zero-order chi connectivity index (χ0) is 23.9. The smallest absolute Gasteiger partial charge is 0.282 e. The first-order valence-electron chi connectivity index (χ1n) is 9.84. The maximum absolute atomic E-state index is 14.5. The van der Waals surface area contributed by atoms with Crippen LogP contribution in [0.1, 0.15) is 16.7 Å². The Kier molecular flexibility index (Phi) is 5.47. The van der Waals surface area contributed by atoms with Gasteiger partial charge in [0.15, 0.2) is 0 Å². The van der Waals surface area contributed by atoms with Crippen molar-refractivity contribution in [1.29, 1.82) is 0 Å². The van der Waals surface area contributed by atoms with Crippen molar-refractivity contribution < 1.29 is 23.3 Å². The molecule has 2 amide bonds. The fraction of sp³-hybridized carbons (Fsp3) is 0.0833. The molecule has 3 aromatic carbocycles. The van der Waals surface area contributed by atoms with Gasteiger partial charge >= 0.3 is 0 Å². The van der Waals surface area contributed by atoms with Crippen molar-refractivity contribution in [3.8, 4) is 0 Å². The van der Waals surface area contributed by atoms with Crippen LogP contribution in [0.4, 0.5) is 25.8 Å². The Morgan fingerprint density at radius 2 is 1.58 bits per heavy atom. The van der Waals surface area contributed by atoms with Crippen molar-refractivity contribution in [2.45, 2.75) is 13.8 Å². The second kappa shape index (κ2) is 8.27. The van der Waals surface area contributed by atoms with Gasteiger partial charge in [-0.1, -0.05) is 6.07 Å². The maximum atomic E-state index is 14.5. The number of hydrogen-bond acceptors (Lipinski definition) is 5. The number of non-ortho nitro benzene ring substituents is 1. The summed E-state index contributed by atoms with van der Waals surface area (Å²) in [5.41, 5.74) is 1.91. The summed E-state index contributed by atoms with van der Waals surface area (Å²) in [4.78, 5) is 37.6. The normalized spacial score (nSPS) is 13.6. The Hall–Kier alpha value is -4.40. The minimum Gasteiger partial charge on any atom is -0.350 e. The van der Waals surface area contributed by atoms with Crippen molar-refractivity contribution in [3.63, 3.8) is 0 Å². The standard InChI is InChI=1S/C24H17F2N3O4/c1-13-3-7-17(11-14(13)2)27-22-21(15-4-8-18(9-5-15)29(32)33)23(30)28(24(22)31)20-10-6-16(25)12-19(20)26/h3-12,27H,1-2H3. The Bertz CT molecular complexity index is 1350. The zero-order valence-electron chi connectivity index (χ0n) is 17.6. The second-order valence-electron chi connectivity index (χ2n) is 7.52. The quantitative estimate of drug-likeness (QED) is 0.340. The van der Waals surface area contributed by atoms with Gasteiger partial charge in [-0.3, -0.25) is 19.7 Å². The van der Waals surface area contributed by atoms with Crippen molar-refractivity contribution >= 4 is 34.4 Å². The van der Waals surface area contributed by atoms with Gasteiger partial charge in [-0.25, -0.2) is 13.7 Å². The Morgan fingerprint density at radius 1 is 0.879 bits per heavy atom. The van der Waals surface area contributed by atoms with E-state index in [1.807, 2.05) is 19.9 Å². The lowest BCUT2D eigenvalue weighted by atomic mass is 10.0. The predicted molar refractivity (Wildman–Crippen MR) is 118 cm³/mol. The van der Waals surface area contributed by atoms with E-state index >= 15 is 0 Å². The highest BCUT2D eigenvalue weighted by Gasteiger charge is 2.41. The molecule has 1 aliphatic heterocycles. The van der Waals surface area contributed by atoms with E-state index < -0.39 is 34.1 Å². The Morgan fingerprint density at radius 3 is 2.18 bits per heavy atom. The average molecular weight is 449 g/mol. The number of carbonyl (C=O) groups excluding carboxylic acids is 2. The third kappa shape index (κ3) is 3.96. The van der Waals surface area contributed by atoms with E-state index in [1.165, 1.54) is 24.3 Å². The molecule has 0 saturated carbocycles. The molecule has 7 nitrogen and oxygen atoms in total. The predicted octanol–water partition coefficient (Wildman–Crippen LogP) is 4.89. The lowest BCUT2D eigenvalue weighted by Crippen LogP contribution is -2.33. The number of anilines is 2. The molecule has 3 aromatic rings. The van der Waals surface area contributed by atoms with Gasteiger partial charge in [-0.15, -0.1) is 0 Å². The van der Waals surface area contributed by atoms with Gasteiger partial charge in [0.1, 0.15) is 17.3 Å². The molecule has 0 saturated heterocycles. The van der Waals surface area contributed by atoms with E-state index in [-0.39, 0.29) is 22.5 Å². The van der Waals surface area contributed by atoms with E-state index in [4.69, 9.17) is 0 Å². The summed E-state index contributed by atoms with van der Waals surface area (Å²) in [5, 5.41) is 13.9. The van der Waals surface area contributed by atoms with E-state index in [2.05, 4.69) is 5.32 Å². The number of rotatable bonds is 5. The zero-order valence-corrected chi connectivity index (χ0v) is 17.6. The molecule has 166 valence electrons. The van der Waals surface area contributed by atoms with Gasteiger partial charge in [0.05, 0.1) is 16.2 Å². The fourth-order valence-corrected chi connectivity index (χ4v) is 3.51. The first-order valence-corrected chi connectivity index (χ1v) is 9.84. The van der Waals surface area contributed by atoms with E-state index in [0.717, 1.165) is 23.3 Å². The van der Waals surface area contributed by atoms with Crippen LogP contribution in [-0.2, 0) is 9.59 Å². The molecule has 0 fully saturated rings. The van der Waals surface area contributed by atoms with Crippen molar-refractivity contribution in [2.75, 3.05) is 10.2 Å². The summed E-state index contributed by atoms with van der Waals surface area (Å²) < 4.78 is 27.9. The maximum Gasteiger partial charge on any atom is 0.282 e. The molecular weight excluding hydrogens is 432 g/mol. The largest absolute Gasteiger partial charge is 0.350 e. The topological polar surface area (TPSA) is 92.6 Å².